The molecule has 1 aromatic carbocycles. The monoisotopic (exact) mass is 389 g/mol. The van der Waals surface area contributed by atoms with Crippen LogP contribution in [0.15, 0.2) is 53.6 Å². The molecule has 144 valence electrons. The molecule has 8 heteroatoms. The summed E-state index contributed by atoms with van der Waals surface area (Å²) in [5.74, 6) is 0.515. The number of benzene rings is 1. The molecule has 2 heterocycles. The number of hydrogen-bond acceptors (Lipinski definition) is 5. The second-order valence-electron chi connectivity index (χ2n) is 6.31. The number of aromatic nitrogens is 1. The maximum Gasteiger partial charge on any atom is 0.272 e. The summed E-state index contributed by atoms with van der Waals surface area (Å²) in [6.45, 7) is 3.38. The Kier molecular flexibility index (Phi) is 6.08. The Bertz CT molecular complexity index is 862. The Morgan fingerprint density at radius 2 is 1.89 bits per heavy atom. The Balaban J connectivity index is 1.57. The first-order chi connectivity index (χ1) is 13.0. The average molecular weight is 389 g/mol. The molecule has 2 aromatic rings. The van der Waals surface area contributed by atoms with E-state index in [1.165, 1.54) is 12.1 Å². The molecule has 0 bridgehead atoms. The van der Waals surface area contributed by atoms with Crippen LogP contribution in [0, 0.1) is 0 Å². The summed E-state index contributed by atoms with van der Waals surface area (Å²) < 4.78 is 33.2. The molecule has 7 nitrogen and oxygen atoms in total. The van der Waals surface area contributed by atoms with Crippen molar-refractivity contribution in [3.8, 4) is 5.75 Å². The Morgan fingerprint density at radius 3 is 2.48 bits per heavy atom. The fourth-order valence-corrected chi connectivity index (χ4v) is 4.33. The third kappa shape index (κ3) is 4.84. The highest BCUT2D eigenvalue weighted by atomic mass is 32.2. The number of hydrogen-bond donors (Lipinski definition) is 1. The summed E-state index contributed by atoms with van der Waals surface area (Å²) in [4.78, 5) is 18.4. The van der Waals surface area contributed by atoms with E-state index >= 15 is 0 Å². The van der Waals surface area contributed by atoms with Crippen LogP contribution >= 0.6 is 0 Å². The molecule has 0 unspecified atom stereocenters. The lowest BCUT2D eigenvalue weighted by Gasteiger charge is -2.32. The molecule has 0 aliphatic carbocycles. The van der Waals surface area contributed by atoms with Gasteiger partial charge in [0.25, 0.3) is 5.91 Å². The minimum atomic E-state index is -3.60. The Hall–Kier alpha value is -2.45. The summed E-state index contributed by atoms with van der Waals surface area (Å²) >= 11 is 0. The van der Waals surface area contributed by atoms with Crippen molar-refractivity contribution in [1.29, 1.82) is 0 Å². The summed E-state index contributed by atoms with van der Waals surface area (Å²) in [5, 5.41) is 0. The number of carbonyl (C=O) groups is 1. The van der Waals surface area contributed by atoms with E-state index in [-0.39, 0.29) is 16.8 Å². The van der Waals surface area contributed by atoms with Gasteiger partial charge in [0.05, 0.1) is 11.5 Å². The highest BCUT2D eigenvalue weighted by Crippen LogP contribution is 2.19. The molecule has 0 spiro atoms. The highest BCUT2D eigenvalue weighted by molar-refractivity contribution is 7.89. The fourth-order valence-electron chi connectivity index (χ4n) is 3.02. The summed E-state index contributed by atoms with van der Waals surface area (Å²) in [6.07, 6.45) is 2.72. The third-order valence-corrected chi connectivity index (χ3v) is 5.97. The third-order valence-electron chi connectivity index (χ3n) is 4.43. The second-order valence-corrected chi connectivity index (χ2v) is 8.02. The maximum atomic E-state index is 12.6. The van der Waals surface area contributed by atoms with Crippen molar-refractivity contribution < 1.29 is 17.9 Å². The van der Waals surface area contributed by atoms with Gasteiger partial charge < -0.3 is 9.64 Å². The predicted molar refractivity (Wildman–Crippen MR) is 101 cm³/mol. The average Bonchev–Trinajstić information content (AvgIpc) is 2.69. The van der Waals surface area contributed by atoms with Crippen molar-refractivity contribution in [3.63, 3.8) is 0 Å². The first-order valence-electron chi connectivity index (χ1n) is 8.95. The van der Waals surface area contributed by atoms with Crippen molar-refractivity contribution in [1.82, 2.24) is 14.6 Å². The molecule has 1 aliphatic heterocycles. The van der Waals surface area contributed by atoms with E-state index in [0.29, 0.717) is 44.0 Å². The summed E-state index contributed by atoms with van der Waals surface area (Å²) in [6, 6.07) is 11.4. The van der Waals surface area contributed by atoms with Crippen molar-refractivity contribution in [2.45, 2.75) is 30.7 Å². The number of pyridine rings is 1. The smallest absolute Gasteiger partial charge is 0.272 e. The number of sulfonamides is 1. The molecule has 27 heavy (non-hydrogen) atoms. The number of amides is 1. The van der Waals surface area contributed by atoms with Crippen LogP contribution in [0.4, 0.5) is 0 Å². The normalized spacial score (nSPS) is 15.5. The van der Waals surface area contributed by atoms with Gasteiger partial charge >= 0.3 is 0 Å². The van der Waals surface area contributed by atoms with Crippen molar-refractivity contribution in [2.24, 2.45) is 0 Å². The quantitative estimate of drug-likeness (QED) is 0.817. The zero-order chi connectivity index (χ0) is 19.3. The number of piperidine rings is 1. The number of rotatable bonds is 6. The number of nitrogens with one attached hydrogen (secondary N) is 1. The van der Waals surface area contributed by atoms with Gasteiger partial charge in [-0.2, -0.15) is 0 Å². The van der Waals surface area contributed by atoms with Crippen LogP contribution in [0.3, 0.4) is 0 Å². The van der Waals surface area contributed by atoms with Gasteiger partial charge in [-0.15, -0.1) is 0 Å². The summed E-state index contributed by atoms with van der Waals surface area (Å²) in [7, 11) is -3.60. The minimum Gasteiger partial charge on any atom is -0.494 e. The molecular formula is C19H23N3O4S. The summed E-state index contributed by atoms with van der Waals surface area (Å²) in [5.41, 5.74) is 0.408. The molecule has 0 saturated carbocycles. The van der Waals surface area contributed by atoms with Crippen LogP contribution in [0.1, 0.15) is 30.3 Å². The Labute approximate surface area is 159 Å². The van der Waals surface area contributed by atoms with E-state index in [2.05, 4.69) is 9.71 Å². The molecule has 0 radical (unpaired) electrons. The van der Waals surface area contributed by atoms with Crippen LogP contribution in [0.2, 0.25) is 0 Å². The van der Waals surface area contributed by atoms with Crippen molar-refractivity contribution >= 4 is 15.9 Å². The molecule has 0 atom stereocenters. The minimum absolute atomic E-state index is 0.122. The van der Waals surface area contributed by atoms with Gasteiger partial charge in [0.15, 0.2) is 0 Å². The first kappa shape index (κ1) is 19.3. The van der Waals surface area contributed by atoms with E-state index in [1.807, 2.05) is 6.92 Å². The molecule has 3 rings (SSSR count). The molecule has 1 N–H and O–H groups in total. The molecule has 1 fully saturated rings. The van der Waals surface area contributed by atoms with Crippen LogP contribution in [-0.2, 0) is 10.0 Å². The van der Waals surface area contributed by atoms with E-state index < -0.39 is 10.0 Å². The van der Waals surface area contributed by atoms with Gasteiger partial charge in [0.2, 0.25) is 10.0 Å². The lowest BCUT2D eigenvalue weighted by atomic mass is 10.1. The van der Waals surface area contributed by atoms with Gasteiger partial charge in [-0.1, -0.05) is 6.07 Å². The molecule has 1 saturated heterocycles. The van der Waals surface area contributed by atoms with Crippen LogP contribution < -0.4 is 9.46 Å². The van der Waals surface area contributed by atoms with E-state index in [9.17, 15) is 13.2 Å². The van der Waals surface area contributed by atoms with E-state index in [1.54, 1.807) is 41.4 Å². The van der Waals surface area contributed by atoms with E-state index in [4.69, 9.17) is 4.74 Å². The fraction of sp³-hybridized carbons (Fsp3) is 0.368. The van der Waals surface area contributed by atoms with Crippen molar-refractivity contribution in [3.05, 3.63) is 54.4 Å². The SMILES string of the molecule is CCOc1ccc(S(=O)(=O)NC2CCN(C(=O)c3ccccn3)CC2)cc1. The zero-order valence-corrected chi connectivity index (χ0v) is 16.0. The lowest BCUT2D eigenvalue weighted by molar-refractivity contribution is 0.0705. The topological polar surface area (TPSA) is 88.6 Å². The van der Waals surface area contributed by atoms with Gasteiger partial charge in [0.1, 0.15) is 11.4 Å². The molecule has 1 aliphatic rings. The Morgan fingerprint density at radius 1 is 1.19 bits per heavy atom. The van der Waals surface area contributed by atoms with Crippen LogP contribution in [-0.4, -0.2) is 49.9 Å². The molecule has 1 amide bonds. The van der Waals surface area contributed by atoms with Crippen LogP contribution in [0.5, 0.6) is 5.75 Å². The number of ether oxygens (including phenoxy) is 1. The largest absolute Gasteiger partial charge is 0.494 e. The lowest BCUT2D eigenvalue weighted by Crippen LogP contribution is -2.46. The maximum absolute atomic E-state index is 12.6. The number of nitrogens with zero attached hydrogens (tertiary/aromatic N) is 2. The van der Waals surface area contributed by atoms with E-state index in [0.717, 1.165) is 0 Å². The molecule has 1 aromatic heterocycles. The number of likely N-dealkylation sites (tertiary alicyclic amines) is 1. The first-order valence-corrected chi connectivity index (χ1v) is 10.4. The zero-order valence-electron chi connectivity index (χ0n) is 15.2. The van der Waals surface area contributed by atoms with Gasteiger partial charge in [-0.25, -0.2) is 13.1 Å². The van der Waals surface area contributed by atoms with Crippen LogP contribution in [0.25, 0.3) is 0 Å². The second kappa shape index (κ2) is 8.49. The number of carbonyl (C=O) groups excluding carboxylic acids is 1. The molecular weight excluding hydrogens is 366 g/mol. The predicted octanol–water partition coefficient (Wildman–Crippen LogP) is 2.06. The van der Waals surface area contributed by atoms with Gasteiger partial charge in [-0.05, 0) is 56.2 Å². The highest BCUT2D eigenvalue weighted by Gasteiger charge is 2.27. The van der Waals surface area contributed by atoms with Crippen molar-refractivity contribution in [2.75, 3.05) is 19.7 Å². The standard InChI is InChI=1S/C19H23N3O4S/c1-2-26-16-6-8-17(9-7-16)27(24,25)21-15-10-13-22(14-11-15)19(23)18-5-3-4-12-20-18/h3-9,12,15,21H,2,10-11,13-14H2,1H3. The van der Waals surface area contributed by atoms with Gasteiger partial charge in [0, 0.05) is 25.3 Å². The van der Waals surface area contributed by atoms with Gasteiger partial charge in [-0.3, -0.25) is 9.78 Å².